The fourth-order valence-electron chi connectivity index (χ4n) is 7.53. The Kier molecular flexibility index (Phi) is 75.1. The molecule has 510 valence electrons. The van der Waals surface area contributed by atoms with Crippen molar-refractivity contribution in [1.82, 2.24) is 34.9 Å². The summed E-state index contributed by atoms with van der Waals surface area (Å²) in [5, 5.41) is 2.14. The van der Waals surface area contributed by atoms with Gasteiger partial charge in [0, 0.05) is 173 Å². The highest BCUT2D eigenvalue weighted by Gasteiger charge is 2.38. The van der Waals surface area contributed by atoms with E-state index in [1.165, 1.54) is 0 Å². The van der Waals surface area contributed by atoms with Gasteiger partial charge in [-0.15, -0.1) is 0 Å². The van der Waals surface area contributed by atoms with Crippen LogP contribution in [-0.4, -0.2) is 396 Å². The van der Waals surface area contributed by atoms with E-state index in [0.29, 0.717) is 106 Å². The molecule has 0 aliphatic heterocycles. The topological polar surface area (TPSA) is 198 Å². The molecule has 0 saturated heterocycles. The molecule has 0 spiro atoms. The van der Waals surface area contributed by atoms with Crippen LogP contribution in [0.15, 0.2) is 0 Å². The Labute approximate surface area is 509 Å². The second kappa shape index (κ2) is 66.9. The molecular formula is C58H135N7O18. The summed E-state index contributed by atoms with van der Waals surface area (Å²) in [6, 6.07) is 0. The molecular weight excluding hydrogens is 1080 g/mol. The van der Waals surface area contributed by atoms with Crippen molar-refractivity contribution in [1.29, 1.82) is 0 Å². The maximum Gasteiger partial charge on any atom is 0.104 e. The SMILES string of the molecule is C.CN(C)CCN(C)C.CN(C)CCNN(C)CCN(C)C.COCC(COC)(COC)COCC(COC)(COC)COCC(COC)(COC)COC.COCC(COCC(COC)OC)OC.COCCN(CCOC)CCOC. The zero-order valence-electron chi connectivity index (χ0n) is 57.0. The fraction of sp³-hybridized carbons (Fsp3) is 1.00. The van der Waals surface area contributed by atoms with Crippen LogP contribution < -0.4 is 5.43 Å². The summed E-state index contributed by atoms with van der Waals surface area (Å²) in [6.07, 6.45) is -0.0647. The maximum absolute atomic E-state index is 6.20. The van der Waals surface area contributed by atoms with Gasteiger partial charge in [0.2, 0.25) is 0 Å². The largest absolute Gasteiger partial charge is 0.384 e. The van der Waals surface area contributed by atoms with Gasteiger partial charge >= 0.3 is 0 Å². The Morgan fingerprint density at radius 1 is 0.289 bits per heavy atom. The van der Waals surface area contributed by atoms with Gasteiger partial charge in [-0.25, -0.2) is 5.01 Å². The van der Waals surface area contributed by atoms with E-state index in [0.717, 1.165) is 78.7 Å². The molecule has 0 amide bonds. The van der Waals surface area contributed by atoms with Crippen molar-refractivity contribution in [2.45, 2.75) is 19.6 Å². The molecule has 2 unspecified atom stereocenters. The van der Waals surface area contributed by atoms with Crippen LogP contribution in [0.25, 0.3) is 0 Å². The number of nitrogens with one attached hydrogen (secondary N) is 1. The van der Waals surface area contributed by atoms with E-state index < -0.39 is 16.2 Å². The van der Waals surface area contributed by atoms with Crippen LogP contribution in [0, 0.1) is 16.2 Å². The number of hydrogen-bond donors (Lipinski definition) is 1. The second-order valence-electron chi connectivity index (χ2n) is 21.5. The monoisotopic (exact) mass is 1220 g/mol. The molecule has 0 heterocycles. The predicted octanol–water partition coefficient (Wildman–Crippen LogP) is 2.00. The molecule has 0 aliphatic carbocycles. The zero-order valence-corrected chi connectivity index (χ0v) is 57.0. The van der Waals surface area contributed by atoms with E-state index in [-0.39, 0.29) is 19.6 Å². The van der Waals surface area contributed by atoms with Gasteiger partial charge in [0.05, 0.1) is 142 Å². The van der Waals surface area contributed by atoms with E-state index in [2.05, 4.69) is 98.4 Å². The molecule has 0 aromatic carbocycles. The summed E-state index contributed by atoms with van der Waals surface area (Å²) in [4.78, 5) is 11.0. The second-order valence-corrected chi connectivity index (χ2v) is 21.5. The first-order valence-electron chi connectivity index (χ1n) is 28.1. The van der Waals surface area contributed by atoms with Gasteiger partial charge in [-0.1, -0.05) is 7.43 Å². The van der Waals surface area contributed by atoms with Crippen molar-refractivity contribution >= 4 is 0 Å². The maximum atomic E-state index is 6.20. The average molecular weight is 1220 g/mol. The van der Waals surface area contributed by atoms with Crippen LogP contribution in [-0.2, 0) is 85.3 Å². The van der Waals surface area contributed by atoms with Gasteiger partial charge in [-0.3, -0.25) is 10.3 Å². The number of hydrogen-bond acceptors (Lipinski definition) is 25. The molecule has 1 N–H and O–H groups in total. The number of methoxy groups -OCH3 is 15. The van der Waals surface area contributed by atoms with E-state index in [4.69, 9.17) is 85.3 Å². The molecule has 2 atom stereocenters. The summed E-state index contributed by atoms with van der Waals surface area (Å²) < 4.78 is 96.6. The first-order valence-corrected chi connectivity index (χ1v) is 28.1. The minimum Gasteiger partial charge on any atom is -0.384 e. The molecule has 0 aromatic heterocycles. The van der Waals surface area contributed by atoms with Crippen LogP contribution in [0.5, 0.6) is 0 Å². The number of rotatable bonds is 53. The number of likely N-dealkylation sites (N-methyl/N-ethyl adjacent to an activating group) is 5. The molecule has 0 saturated carbocycles. The number of nitrogens with zero attached hydrogens (tertiary/aromatic N) is 6. The van der Waals surface area contributed by atoms with Gasteiger partial charge < -0.3 is 105 Å². The molecule has 25 nitrogen and oxygen atoms in total. The molecule has 0 rings (SSSR count). The van der Waals surface area contributed by atoms with Crippen LogP contribution >= 0.6 is 0 Å². The fourth-order valence-corrected chi connectivity index (χ4v) is 7.53. The average Bonchev–Trinajstić information content (AvgIpc) is 3.42. The summed E-state index contributed by atoms with van der Waals surface area (Å²) in [7, 11) is 43.7. The van der Waals surface area contributed by atoms with Crippen LogP contribution in [0.2, 0.25) is 0 Å². The third-order valence-electron chi connectivity index (χ3n) is 11.9. The van der Waals surface area contributed by atoms with Crippen molar-refractivity contribution < 1.29 is 85.3 Å². The lowest BCUT2D eigenvalue weighted by atomic mass is 9.89. The molecule has 0 radical (unpaired) electrons. The molecule has 0 aliphatic rings. The lowest BCUT2D eigenvalue weighted by Gasteiger charge is -2.37. The van der Waals surface area contributed by atoms with Gasteiger partial charge in [0.15, 0.2) is 0 Å². The summed E-state index contributed by atoms with van der Waals surface area (Å²) in [5.74, 6) is 0. The highest BCUT2D eigenvalue weighted by Crippen LogP contribution is 2.26. The van der Waals surface area contributed by atoms with Gasteiger partial charge in [0.25, 0.3) is 0 Å². The third kappa shape index (κ3) is 61.0. The minimum absolute atomic E-state index is 0. The number of ether oxygens (including phenoxy) is 18. The van der Waals surface area contributed by atoms with Crippen molar-refractivity contribution in [2.24, 2.45) is 16.2 Å². The lowest BCUT2D eigenvalue weighted by Crippen LogP contribution is -2.46. The lowest BCUT2D eigenvalue weighted by molar-refractivity contribution is -0.143. The van der Waals surface area contributed by atoms with Gasteiger partial charge in [-0.2, -0.15) is 0 Å². The van der Waals surface area contributed by atoms with Crippen molar-refractivity contribution in [3.05, 3.63) is 0 Å². The molecule has 0 aromatic rings. The Morgan fingerprint density at radius 3 is 0.783 bits per heavy atom. The van der Waals surface area contributed by atoms with E-state index >= 15 is 0 Å². The molecule has 0 fully saturated rings. The first kappa shape index (κ1) is 93.1. The highest BCUT2D eigenvalue weighted by molar-refractivity contribution is 4.84. The quantitative estimate of drug-likeness (QED) is 0.0868. The minimum atomic E-state index is -0.512. The summed E-state index contributed by atoms with van der Waals surface area (Å²) >= 11 is 0. The van der Waals surface area contributed by atoms with E-state index in [9.17, 15) is 0 Å². The highest BCUT2D eigenvalue weighted by atomic mass is 16.6. The molecule has 25 heteroatoms. The smallest absolute Gasteiger partial charge is 0.104 e. The van der Waals surface area contributed by atoms with E-state index in [1.54, 1.807) is 107 Å². The molecule has 83 heavy (non-hydrogen) atoms. The van der Waals surface area contributed by atoms with E-state index in [1.807, 2.05) is 0 Å². The van der Waals surface area contributed by atoms with Crippen LogP contribution in [0.3, 0.4) is 0 Å². The molecule has 0 bridgehead atoms. The summed E-state index contributed by atoms with van der Waals surface area (Å²) in [5.41, 5.74) is 1.98. The Balaban J connectivity index is -0.000000247. The van der Waals surface area contributed by atoms with Crippen LogP contribution in [0.1, 0.15) is 7.43 Å². The normalized spacial score (nSPS) is 12.7. The Hall–Kier alpha value is -1.00. The van der Waals surface area contributed by atoms with Gasteiger partial charge in [-0.05, 0) is 56.4 Å². The predicted molar refractivity (Wildman–Crippen MR) is 334 cm³/mol. The Morgan fingerprint density at radius 2 is 0.554 bits per heavy atom. The van der Waals surface area contributed by atoms with Crippen molar-refractivity contribution in [2.75, 3.05) is 355 Å². The van der Waals surface area contributed by atoms with Crippen molar-refractivity contribution in [3.8, 4) is 0 Å². The van der Waals surface area contributed by atoms with Crippen LogP contribution in [0.4, 0.5) is 0 Å². The van der Waals surface area contributed by atoms with Gasteiger partial charge in [0.1, 0.15) is 12.2 Å². The summed E-state index contributed by atoms with van der Waals surface area (Å²) in [6.45, 7) is 18.6. The Bertz CT molecular complexity index is 1120. The zero-order chi connectivity index (χ0) is 63.4. The number of hydrazine groups is 1. The third-order valence-corrected chi connectivity index (χ3v) is 11.9. The standard InChI is InChI=1S/C23H48O10.C10H22O5.C9H24N4.C9H21NO3.C6H16N2.CH4/c1-24-9-21(10-25-2,11-26-3)17-32-19-23(15-30-7,16-31-8)20-33-18-22(12-27-4,13-28-5)14-29-6;1-11-5-9(13-3)7-15-8-10(14-4)6-12-2;1-11(2)7-6-10-13(5)9-8-12(3)4;1-11-7-4-10(5-8-12-2)6-9-13-3;1-7(2)5-6-8(3)4;/h9-20H2,1-8H3;9-10H,5-8H2,1-4H3;10H,6-9H2,1-5H3;4-9H2,1-3H3;5-6H2,1-4H3;1H4. The first-order chi connectivity index (χ1) is 39.2. The van der Waals surface area contributed by atoms with Crippen molar-refractivity contribution in [3.63, 3.8) is 0 Å².